The number of thiazole rings is 1. The topological polar surface area (TPSA) is 166 Å². The van der Waals surface area contributed by atoms with Gasteiger partial charge in [0.1, 0.15) is 30.3 Å². The number of hydrogen-bond acceptors (Lipinski definition) is 12. The van der Waals surface area contributed by atoms with Crippen molar-refractivity contribution in [1.82, 2.24) is 19.6 Å². The molecule has 2 aromatic heterocycles. The van der Waals surface area contributed by atoms with Gasteiger partial charge in [-0.3, -0.25) is 4.79 Å². The highest BCUT2D eigenvalue weighted by atomic mass is 32.2. The Labute approximate surface area is 260 Å². The number of nitrogens with zero attached hydrogens (tertiary/aromatic N) is 4. The van der Waals surface area contributed by atoms with Crippen molar-refractivity contribution in [2.45, 2.75) is 48.3 Å². The van der Waals surface area contributed by atoms with Crippen molar-refractivity contribution in [2.75, 3.05) is 50.6 Å². The van der Waals surface area contributed by atoms with E-state index < -0.39 is 52.5 Å². The van der Waals surface area contributed by atoms with E-state index in [0.29, 0.717) is 10.5 Å². The summed E-state index contributed by atoms with van der Waals surface area (Å²) in [6, 6.07) is 1.32. The number of amides is 1. The molecule has 2 saturated heterocycles. The van der Waals surface area contributed by atoms with Gasteiger partial charge in [0.2, 0.25) is 5.91 Å². The second-order valence-electron chi connectivity index (χ2n) is 10.5. The third-order valence-electron chi connectivity index (χ3n) is 7.45. The van der Waals surface area contributed by atoms with Gasteiger partial charge < -0.3 is 29.7 Å². The van der Waals surface area contributed by atoms with Crippen molar-refractivity contribution in [2.24, 2.45) is 0 Å². The van der Waals surface area contributed by atoms with Crippen LogP contribution in [-0.2, 0) is 35.5 Å². The van der Waals surface area contributed by atoms with E-state index in [1.807, 2.05) is 4.90 Å². The van der Waals surface area contributed by atoms with E-state index in [2.05, 4.69) is 19.4 Å². The van der Waals surface area contributed by atoms with Crippen LogP contribution in [0.5, 0.6) is 5.75 Å². The van der Waals surface area contributed by atoms with Crippen molar-refractivity contribution in [3.05, 3.63) is 36.2 Å². The highest BCUT2D eigenvalue weighted by Gasteiger charge is 2.42. The van der Waals surface area contributed by atoms with Crippen molar-refractivity contribution < 1.29 is 45.4 Å². The fraction of sp³-hybridized carbons (Fsp3) is 0.481. The van der Waals surface area contributed by atoms with Crippen molar-refractivity contribution in [3.8, 4) is 5.75 Å². The monoisotopic (exact) mass is 672 g/mol. The first-order valence-corrected chi connectivity index (χ1v) is 16.3. The molecule has 2 atom stereocenters. The summed E-state index contributed by atoms with van der Waals surface area (Å²) in [6.07, 6.45) is -0.937. The standard InChI is InChI=1S/C27H31F3N6O7S2/c1-41-10-11-42-25(38)20(13-17-12-16-4-6-32-23(31)18(16)14-21(17)43-27(28,29)30)36-9-5-19(24(36)37)34-45(39,40)22-15-33-26(44-22)35-7-2-3-8-35/h4,6,12,14-15,19-20,34H,2-3,5,7-11,13H2,1H3,(H2,31,32). The van der Waals surface area contributed by atoms with Gasteiger partial charge in [-0.25, -0.2) is 23.2 Å². The first-order chi connectivity index (χ1) is 21.4. The number of nitrogens with two attached hydrogens (primary N) is 1. The summed E-state index contributed by atoms with van der Waals surface area (Å²) in [6.45, 7) is 1.33. The van der Waals surface area contributed by atoms with E-state index >= 15 is 0 Å². The predicted octanol–water partition coefficient (Wildman–Crippen LogP) is 2.45. The number of alkyl halides is 3. The largest absolute Gasteiger partial charge is 0.573 e. The Morgan fingerprint density at radius 1 is 1.20 bits per heavy atom. The van der Waals surface area contributed by atoms with E-state index in [1.165, 1.54) is 31.6 Å². The molecule has 13 nitrogen and oxygen atoms in total. The highest BCUT2D eigenvalue weighted by Crippen LogP contribution is 2.35. The zero-order valence-corrected chi connectivity index (χ0v) is 25.7. The number of sulfonamides is 1. The van der Waals surface area contributed by atoms with Gasteiger partial charge in [0, 0.05) is 44.7 Å². The van der Waals surface area contributed by atoms with Crippen molar-refractivity contribution in [1.29, 1.82) is 0 Å². The van der Waals surface area contributed by atoms with Crippen LogP contribution in [-0.4, -0.2) is 93.6 Å². The number of nitrogen functional groups attached to an aromatic ring is 1. The summed E-state index contributed by atoms with van der Waals surface area (Å²) in [7, 11) is -2.76. The third-order valence-corrected chi connectivity index (χ3v) is 10.4. The average molecular weight is 673 g/mol. The molecule has 4 heterocycles. The maximum absolute atomic E-state index is 13.6. The molecule has 3 N–H and O–H groups in total. The maximum atomic E-state index is 13.6. The van der Waals surface area contributed by atoms with Gasteiger partial charge in [0.25, 0.3) is 10.0 Å². The van der Waals surface area contributed by atoms with Gasteiger partial charge in [0.15, 0.2) is 9.34 Å². The van der Waals surface area contributed by atoms with Gasteiger partial charge in [-0.05, 0) is 48.4 Å². The minimum absolute atomic E-state index is 0.00350. The van der Waals surface area contributed by atoms with Crippen LogP contribution >= 0.6 is 11.3 Å². The van der Waals surface area contributed by atoms with Crippen LogP contribution in [0.1, 0.15) is 24.8 Å². The molecular weight excluding hydrogens is 641 g/mol. The number of anilines is 2. The molecule has 45 heavy (non-hydrogen) atoms. The normalized spacial score (nSPS) is 18.1. The minimum atomic E-state index is -5.08. The number of methoxy groups -OCH3 is 1. The number of hydrogen-bond donors (Lipinski definition) is 2. The number of aromatic nitrogens is 2. The van der Waals surface area contributed by atoms with E-state index in [0.717, 1.165) is 48.2 Å². The number of carbonyl (C=O) groups is 2. The number of halogens is 3. The summed E-state index contributed by atoms with van der Waals surface area (Å²) in [5.41, 5.74) is 5.81. The van der Waals surface area contributed by atoms with Gasteiger partial charge in [-0.15, -0.1) is 13.2 Å². The summed E-state index contributed by atoms with van der Waals surface area (Å²) in [4.78, 5) is 38.1. The SMILES string of the molecule is COCCOC(=O)C(Cc1cc2ccnc(N)c2cc1OC(F)(F)F)N1CCC(NS(=O)(=O)c2cnc(N3CCCC3)s2)C1=O. The first kappa shape index (κ1) is 32.6. The van der Waals surface area contributed by atoms with Gasteiger partial charge in [-0.2, -0.15) is 4.72 Å². The van der Waals surface area contributed by atoms with Crippen LogP contribution in [0.25, 0.3) is 10.8 Å². The fourth-order valence-electron chi connectivity index (χ4n) is 5.30. The lowest BCUT2D eigenvalue weighted by Crippen LogP contribution is -2.48. The fourth-order valence-corrected chi connectivity index (χ4v) is 7.71. The van der Waals surface area contributed by atoms with E-state index in [-0.39, 0.29) is 47.2 Å². The Balaban J connectivity index is 1.41. The number of esters is 1. The van der Waals surface area contributed by atoms with Crippen LogP contribution in [0.4, 0.5) is 24.1 Å². The molecule has 0 spiro atoms. The molecule has 0 bridgehead atoms. The van der Waals surface area contributed by atoms with E-state index in [9.17, 15) is 31.2 Å². The molecule has 3 aromatic rings. The number of fused-ring (bicyclic) bond motifs is 1. The number of rotatable bonds is 12. The molecule has 18 heteroatoms. The maximum Gasteiger partial charge on any atom is 0.573 e. The Morgan fingerprint density at radius 3 is 2.67 bits per heavy atom. The zero-order chi connectivity index (χ0) is 32.4. The average Bonchev–Trinajstić information content (AvgIpc) is 3.74. The summed E-state index contributed by atoms with van der Waals surface area (Å²) >= 11 is 0.989. The predicted molar refractivity (Wildman–Crippen MR) is 157 cm³/mol. The summed E-state index contributed by atoms with van der Waals surface area (Å²) in [5.74, 6) is -2.30. The number of nitrogens with one attached hydrogen (secondary N) is 1. The van der Waals surface area contributed by atoms with Crippen molar-refractivity contribution >= 4 is 55.0 Å². The molecule has 0 aliphatic carbocycles. The number of ether oxygens (including phenoxy) is 3. The Hall–Kier alpha value is -3.74. The molecule has 2 unspecified atom stereocenters. The smallest absolute Gasteiger partial charge is 0.462 e. The third kappa shape index (κ3) is 7.57. The number of carbonyl (C=O) groups excluding carboxylic acids is 2. The van der Waals surface area contributed by atoms with Crippen molar-refractivity contribution in [3.63, 3.8) is 0 Å². The lowest BCUT2D eigenvalue weighted by Gasteiger charge is -2.27. The van der Waals surface area contributed by atoms with Gasteiger partial charge in [-0.1, -0.05) is 11.3 Å². The molecule has 5 rings (SSSR count). The molecule has 2 aliphatic heterocycles. The number of pyridine rings is 1. The van der Waals surface area contributed by atoms with Crippen LogP contribution in [0.3, 0.4) is 0 Å². The van der Waals surface area contributed by atoms with E-state index in [1.54, 1.807) is 0 Å². The molecule has 1 amide bonds. The van der Waals surface area contributed by atoms with Crippen LogP contribution in [0.2, 0.25) is 0 Å². The van der Waals surface area contributed by atoms with Gasteiger partial charge in [0.05, 0.1) is 12.8 Å². The highest BCUT2D eigenvalue weighted by molar-refractivity contribution is 7.91. The molecule has 0 radical (unpaired) electrons. The molecular formula is C27H31F3N6O7S2. The summed E-state index contributed by atoms with van der Waals surface area (Å²) in [5, 5.41) is 1.19. The molecule has 1 aromatic carbocycles. The lowest BCUT2D eigenvalue weighted by molar-refractivity contribution is -0.274. The zero-order valence-electron chi connectivity index (χ0n) is 24.1. The van der Waals surface area contributed by atoms with Gasteiger partial charge >= 0.3 is 12.3 Å². The Morgan fingerprint density at radius 2 is 1.96 bits per heavy atom. The van der Waals surface area contributed by atoms with Crippen LogP contribution < -0.4 is 20.1 Å². The lowest BCUT2D eigenvalue weighted by atomic mass is 10.00. The second-order valence-corrected chi connectivity index (χ2v) is 13.4. The summed E-state index contributed by atoms with van der Waals surface area (Å²) < 4.78 is 83.4. The molecule has 244 valence electrons. The Bertz CT molecular complexity index is 1660. The quantitative estimate of drug-likeness (QED) is 0.214. The first-order valence-electron chi connectivity index (χ1n) is 14.0. The van der Waals surface area contributed by atoms with Crippen LogP contribution in [0, 0.1) is 0 Å². The molecule has 2 aliphatic rings. The molecule has 0 saturated carbocycles. The Kier molecular flexibility index (Phi) is 9.66. The van der Waals surface area contributed by atoms with Crippen LogP contribution in [0.15, 0.2) is 34.8 Å². The second kappa shape index (κ2) is 13.3. The minimum Gasteiger partial charge on any atom is -0.462 e. The number of benzene rings is 1. The number of likely N-dealkylation sites (tertiary alicyclic amines) is 1. The van der Waals surface area contributed by atoms with E-state index in [4.69, 9.17) is 15.2 Å². The molecule has 2 fully saturated rings.